The topological polar surface area (TPSA) is 46.8 Å². The molecular weight excluding hydrogens is 286 g/mol. The SMILES string of the molecule is Cc1nn(-c2ccccc2)c2nc3cc(N(C)C)ccc3nc12. The maximum absolute atomic E-state index is 4.83. The fourth-order valence-electron chi connectivity index (χ4n) is 2.70. The zero-order valence-corrected chi connectivity index (χ0v) is 13.4. The van der Waals surface area contributed by atoms with Crippen molar-refractivity contribution in [3.8, 4) is 5.69 Å². The largest absolute Gasteiger partial charge is 0.378 e. The van der Waals surface area contributed by atoms with Gasteiger partial charge in [-0.2, -0.15) is 5.10 Å². The molecule has 0 N–H and O–H groups in total. The van der Waals surface area contributed by atoms with Gasteiger partial charge in [0.05, 0.1) is 22.4 Å². The summed E-state index contributed by atoms with van der Waals surface area (Å²) in [6.45, 7) is 1.97. The molecule has 4 rings (SSSR count). The van der Waals surface area contributed by atoms with E-state index in [-0.39, 0.29) is 0 Å². The second kappa shape index (κ2) is 5.05. The number of anilines is 1. The lowest BCUT2D eigenvalue weighted by Crippen LogP contribution is -2.08. The number of rotatable bonds is 2. The van der Waals surface area contributed by atoms with Gasteiger partial charge in [-0.15, -0.1) is 0 Å². The molecule has 0 atom stereocenters. The average Bonchev–Trinajstić information content (AvgIpc) is 2.89. The van der Waals surface area contributed by atoms with Gasteiger partial charge in [0.1, 0.15) is 5.52 Å². The minimum absolute atomic E-state index is 0.789. The Morgan fingerprint density at radius 1 is 0.913 bits per heavy atom. The van der Waals surface area contributed by atoms with E-state index in [1.807, 2.05) is 62.1 Å². The van der Waals surface area contributed by atoms with Crippen molar-refractivity contribution in [2.24, 2.45) is 0 Å². The first-order valence-electron chi connectivity index (χ1n) is 7.53. The van der Waals surface area contributed by atoms with Crippen LogP contribution in [0.25, 0.3) is 27.9 Å². The fourth-order valence-corrected chi connectivity index (χ4v) is 2.70. The van der Waals surface area contributed by atoms with Crippen LogP contribution >= 0.6 is 0 Å². The highest BCUT2D eigenvalue weighted by atomic mass is 15.3. The van der Waals surface area contributed by atoms with Crippen LogP contribution in [0.1, 0.15) is 5.69 Å². The molecule has 0 fully saturated rings. The first-order chi connectivity index (χ1) is 11.1. The summed E-state index contributed by atoms with van der Waals surface area (Å²) < 4.78 is 1.86. The van der Waals surface area contributed by atoms with E-state index in [1.54, 1.807) is 0 Å². The Labute approximate surface area is 134 Å². The van der Waals surface area contributed by atoms with E-state index < -0.39 is 0 Å². The first-order valence-corrected chi connectivity index (χ1v) is 7.53. The van der Waals surface area contributed by atoms with Gasteiger partial charge in [-0.25, -0.2) is 14.6 Å². The molecule has 2 heterocycles. The standard InChI is InChI=1S/C18H17N5/c1-12-17-18(23(21-12)13-7-5-4-6-8-13)20-16-11-14(22(2)3)9-10-15(16)19-17/h4-11H,1-3H3. The Hall–Kier alpha value is -2.95. The van der Waals surface area contributed by atoms with Gasteiger partial charge in [0.25, 0.3) is 0 Å². The molecule has 114 valence electrons. The zero-order valence-electron chi connectivity index (χ0n) is 13.4. The van der Waals surface area contributed by atoms with Crippen molar-refractivity contribution in [2.45, 2.75) is 6.92 Å². The third kappa shape index (κ3) is 2.21. The number of hydrogen-bond acceptors (Lipinski definition) is 4. The van der Waals surface area contributed by atoms with E-state index in [4.69, 9.17) is 9.97 Å². The average molecular weight is 303 g/mol. The highest BCUT2D eigenvalue weighted by Crippen LogP contribution is 2.24. The van der Waals surface area contributed by atoms with E-state index >= 15 is 0 Å². The minimum atomic E-state index is 0.789. The maximum atomic E-state index is 4.83. The van der Waals surface area contributed by atoms with Gasteiger partial charge in [0.2, 0.25) is 0 Å². The van der Waals surface area contributed by atoms with Gasteiger partial charge in [-0.1, -0.05) is 18.2 Å². The van der Waals surface area contributed by atoms with Crippen LogP contribution in [0.4, 0.5) is 5.69 Å². The van der Waals surface area contributed by atoms with Crippen molar-refractivity contribution in [3.63, 3.8) is 0 Å². The lowest BCUT2D eigenvalue weighted by molar-refractivity contribution is 0.879. The molecule has 0 unspecified atom stereocenters. The van der Waals surface area contributed by atoms with Crippen LogP contribution in [-0.4, -0.2) is 33.8 Å². The fraction of sp³-hybridized carbons (Fsp3) is 0.167. The number of nitrogens with zero attached hydrogens (tertiary/aromatic N) is 5. The van der Waals surface area contributed by atoms with Crippen LogP contribution in [-0.2, 0) is 0 Å². The van der Waals surface area contributed by atoms with Gasteiger partial charge in [-0.3, -0.25) is 0 Å². The molecule has 2 aromatic carbocycles. The monoisotopic (exact) mass is 303 g/mol. The van der Waals surface area contributed by atoms with Crippen LogP contribution in [0.2, 0.25) is 0 Å². The number of aromatic nitrogens is 4. The van der Waals surface area contributed by atoms with Crippen LogP contribution < -0.4 is 4.90 Å². The molecule has 5 heteroatoms. The molecule has 5 nitrogen and oxygen atoms in total. The van der Waals surface area contributed by atoms with Crippen LogP contribution in [0.3, 0.4) is 0 Å². The van der Waals surface area contributed by atoms with Crippen LogP contribution in [0, 0.1) is 6.92 Å². The summed E-state index contributed by atoms with van der Waals surface area (Å²) in [4.78, 5) is 11.6. The van der Waals surface area contributed by atoms with E-state index in [0.29, 0.717) is 0 Å². The number of aryl methyl sites for hydroxylation is 1. The predicted octanol–water partition coefficient (Wildman–Crippen LogP) is 3.34. The van der Waals surface area contributed by atoms with Crippen molar-refractivity contribution in [1.29, 1.82) is 0 Å². The molecule has 0 aliphatic carbocycles. The summed E-state index contributed by atoms with van der Waals surface area (Å²) in [5.41, 5.74) is 6.38. The van der Waals surface area contributed by atoms with Crippen molar-refractivity contribution in [2.75, 3.05) is 19.0 Å². The maximum Gasteiger partial charge on any atom is 0.182 e. The third-order valence-electron chi connectivity index (χ3n) is 3.94. The molecule has 0 radical (unpaired) electrons. The third-order valence-corrected chi connectivity index (χ3v) is 3.94. The zero-order chi connectivity index (χ0) is 16.0. The van der Waals surface area contributed by atoms with E-state index in [0.717, 1.165) is 39.3 Å². The second-order valence-electron chi connectivity index (χ2n) is 5.80. The molecule has 0 bridgehead atoms. The summed E-state index contributed by atoms with van der Waals surface area (Å²) in [5, 5.41) is 4.62. The van der Waals surface area contributed by atoms with Gasteiger partial charge < -0.3 is 4.90 Å². The molecule has 23 heavy (non-hydrogen) atoms. The minimum Gasteiger partial charge on any atom is -0.378 e. The lowest BCUT2D eigenvalue weighted by atomic mass is 10.2. The Balaban J connectivity index is 2.02. The van der Waals surface area contributed by atoms with Gasteiger partial charge >= 0.3 is 0 Å². The van der Waals surface area contributed by atoms with E-state index in [1.165, 1.54) is 0 Å². The summed E-state index contributed by atoms with van der Waals surface area (Å²) in [6, 6.07) is 16.2. The van der Waals surface area contributed by atoms with Crippen molar-refractivity contribution in [1.82, 2.24) is 19.7 Å². The van der Waals surface area contributed by atoms with Crippen molar-refractivity contribution >= 4 is 27.9 Å². The molecule has 0 amide bonds. The summed E-state index contributed by atoms with van der Waals surface area (Å²) in [6.07, 6.45) is 0. The predicted molar refractivity (Wildman–Crippen MR) is 93.2 cm³/mol. The van der Waals surface area contributed by atoms with Crippen molar-refractivity contribution in [3.05, 3.63) is 54.2 Å². The Kier molecular flexibility index (Phi) is 3.01. The molecule has 0 saturated heterocycles. The Morgan fingerprint density at radius 3 is 2.43 bits per heavy atom. The number of hydrogen-bond donors (Lipinski definition) is 0. The van der Waals surface area contributed by atoms with Crippen molar-refractivity contribution < 1.29 is 0 Å². The second-order valence-corrected chi connectivity index (χ2v) is 5.80. The smallest absolute Gasteiger partial charge is 0.182 e. The molecule has 2 aromatic heterocycles. The van der Waals surface area contributed by atoms with Gasteiger partial charge in [0.15, 0.2) is 5.65 Å². The quantitative estimate of drug-likeness (QED) is 0.570. The Morgan fingerprint density at radius 2 is 1.70 bits per heavy atom. The molecule has 0 saturated carbocycles. The summed E-state index contributed by atoms with van der Waals surface area (Å²) >= 11 is 0. The molecule has 4 aromatic rings. The van der Waals surface area contributed by atoms with E-state index in [9.17, 15) is 0 Å². The lowest BCUT2D eigenvalue weighted by Gasteiger charge is -2.12. The summed E-state index contributed by atoms with van der Waals surface area (Å²) in [7, 11) is 4.04. The van der Waals surface area contributed by atoms with Crippen LogP contribution in [0.15, 0.2) is 48.5 Å². The molecule has 0 aliphatic heterocycles. The van der Waals surface area contributed by atoms with Gasteiger partial charge in [0, 0.05) is 19.8 Å². The Bertz CT molecular complexity index is 1000. The molecule has 0 spiro atoms. The number of para-hydroxylation sites is 1. The first kappa shape index (κ1) is 13.7. The van der Waals surface area contributed by atoms with Crippen LogP contribution in [0.5, 0.6) is 0 Å². The van der Waals surface area contributed by atoms with E-state index in [2.05, 4.69) is 22.1 Å². The highest BCUT2D eigenvalue weighted by molar-refractivity contribution is 5.88. The number of benzene rings is 2. The molecule has 0 aliphatic rings. The molecular formula is C18H17N5. The highest BCUT2D eigenvalue weighted by Gasteiger charge is 2.13. The normalized spacial score (nSPS) is 11.3. The summed E-state index contributed by atoms with van der Waals surface area (Å²) in [5.74, 6) is 0. The van der Waals surface area contributed by atoms with Gasteiger partial charge in [-0.05, 0) is 37.3 Å². The number of fused-ring (bicyclic) bond motifs is 2.